The monoisotopic (exact) mass is 477 g/mol. The molecule has 4 rings (SSSR count). The van der Waals surface area contributed by atoms with Gasteiger partial charge in [0, 0.05) is 18.1 Å². The minimum Gasteiger partial charge on any atom is -0.486 e. The molecule has 10 heteroatoms. The lowest BCUT2D eigenvalue weighted by atomic mass is 10.1. The summed E-state index contributed by atoms with van der Waals surface area (Å²) < 4.78 is 16.4. The summed E-state index contributed by atoms with van der Waals surface area (Å²) in [5, 5.41) is 3.24. The highest BCUT2D eigenvalue weighted by molar-refractivity contribution is 5.97. The summed E-state index contributed by atoms with van der Waals surface area (Å²) in [5.41, 5.74) is 2.48. The lowest BCUT2D eigenvalue weighted by molar-refractivity contribution is 0.0564. The number of nitrogens with zero attached hydrogens (tertiary/aromatic N) is 4. The largest absolute Gasteiger partial charge is 0.486 e. The fraction of sp³-hybridized carbons (Fsp3) is 0.320. The number of aryl methyl sites for hydroxylation is 1. The molecule has 0 saturated carbocycles. The van der Waals surface area contributed by atoms with E-state index in [-0.39, 0.29) is 18.7 Å². The minimum atomic E-state index is -0.682. The van der Waals surface area contributed by atoms with E-state index in [1.807, 2.05) is 25.1 Å². The molecular formula is C25H27N5O5. The number of pyridine rings is 3. The van der Waals surface area contributed by atoms with E-state index >= 15 is 0 Å². The lowest BCUT2D eigenvalue weighted by Crippen LogP contribution is -2.42. The first-order valence-corrected chi connectivity index (χ1v) is 11.1. The van der Waals surface area contributed by atoms with Crippen molar-refractivity contribution in [3.8, 4) is 17.1 Å². The van der Waals surface area contributed by atoms with Gasteiger partial charge in [0.15, 0.2) is 11.6 Å². The second-order valence-electron chi connectivity index (χ2n) is 8.89. The SMILES string of the molecule is COC(=O)c1cnccc1Nc1cc(-c2cccc(C)n2)nc2c1OCCN2C(=O)OC(C)(C)C. The van der Waals surface area contributed by atoms with E-state index < -0.39 is 17.7 Å². The molecule has 0 bridgehead atoms. The Morgan fingerprint density at radius 2 is 1.91 bits per heavy atom. The lowest BCUT2D eigenvalue weighted by Gasteiger charge is -2.32. The molecule has 182 valence electrons. The average molecular weight is 478 g/mol. The van der Waals surface area contributed by atoms with Crippen molar-refractivity contribution >= 4 is 29.3 Å². The van der Waals surface area contributed by atoms with Crippen LogP contribution in [-0.4, -0.2) is 52.9 Å². The van der Waals surface area contributed by atoms with Crippen molar-refractivity contribution < 1.29 is 23.8 Å². The van der Waals surface area contributed by atoms with Crippen molar-refractivity contribution in [1.29, 1.82) is 0 Å². The van der Waals surface area contributed by atoms with Crippen LogP contribution in [0.25, 0.3) is 11.4 Å². The standard InChI is InChI=1S/C25H27N5O5/c1-15-7-6-8-18(27-15)19-13-20(28-17-9-10-26-14-16(17)23(31)33-5)21-22(29-19)30(11-12-34-21)24(32)35-25(2,3)4/h6-10,13-14H,11-12H2,1-5H3,(H,26,28,29). The van der Waals surface area contributed by atoms with E-state index in [1.165, 1.54) is 18.2 Å². The Bertz CT molecular complexity index is 1270. The summed E-state index contributed by atoms with van der Waals surface area (Å²) in [6.07, 6.45) is 2.44. The first-order chi connectivity index (χ1) is 16.7. The number of hydrogen-bond donors (Lipinski definition) is 1. The zero-order valence-corrected chi connectivity index (χ0v) is 20.3. The predicted octanol–water partition coefficient (Wildman–Crippen LogP) is 4.51. The molecule has 10 nitrogen and oxygen atoms in total. The van der Waals surface area contributed by atoms with Crippen molar-refractivity contribution in [3.05, 3.63) is 54.0 Å². The Labute approximate surface area is 203 Å². The van der Waals surface area contributed by atoms with Gasteiger partial charge in [-0.25, -0.2) is 14.6 Å². The molecule has 0 fully saturated rings. The van der Waals surface area contributed by atoms with Crippen LogP contribution in [-0.2, 0) is 9.47 Å². The fourth-order valence-electron chi connectivity index (χ4n) is 3.52. The summed E-state index contributed by atoms with van der Waals surface area (Å²) in [6, 6.07) is 9.02. The van der Waals surface area contributed by atoms with Crippen molar-refractivity contribution in [2.45, 2.75) is 33.3 Å². The molecule has 0 atom stereocenters. The molecule has 0 unspecified atom stereocenters. The molecule has 3 aromatic heterocycles. The number of amides is 1. The Morgan fingerprint density at radius 3 is 2.63 bits per heavy atom. The molecular weight excluding hydrogens is 450 g/mol. The molecule has 0 saturated heterocycles. The van der Waals surface area contributed by atoms with E-state index in [0.717, 1.165) is 5.69 Å². The number of hydrogen-bond acceptors (Lipinski definition) is 9. The number of carbonyl (C=O) groups excluding carboxylic acids is 2. The van der Waals surface area contributed by atoms with E-state index in [9.17, 15) is 9.59 Å². The number of ether oxygens (including phenoxy) is 3. The first-order valence-electron chi connectivity index (χ1n) is 11.1. The van der Waals surface area contributed by atoms with Gasteiger partial charge in [0.2, 0.25) is 0 Å². The molecule has 0 aromatic carbocycles. The smallest absolute Gasteiger partial charge is 0.416 e. The number of aromatic nitrogens is 3. The zero-order chi connectivity index (χ0) is 25.2. The average Bonchev–Trinajstić information content (AvgIpc) is 2.82. The Balaban J connectivity index is 1.85. The molecule has 0 radical (unpaired) electrons. The van der Waals surface area contributed by atoms with Crippen molar-refractivity contribution in [3.63, 3.8) is 0 Å². The third kappa shape index (κ3) is 5.32. The number of fused-ring (bicyclic) bond motifs is 1. The summed E-state index contributed by atoms with van der Waals surface area (Å²) in [4.78, 5) is 40.1. The Hall–Kier alpha value is -4.21. The number of nitrogens with one attached hydrogen (secondary N) is 1. The van der Waals surface area contributed by atoms with Gasteiger partial charge in [0.25, 0.3) is 0 Å². The van der Waals surface area contributed by atoms with Gasteiger partial charge in [0.05, 0.1) is 36.4 Å². The third-order valence-electron chi connectivity index (χ3n) is 5.03. The van der Waals surface area contributed by atoms with Gasteiger partial charge in [-0.05, 0) is 52.0 Å². The highest BCUT2D eigenvalue weighted by Crippen LogP contribution is 2.41. The molecule has 1 amide bonds. The minimum absolute atomic E-state index is 0.241. The van der Waals surface area contributed by atoms with Crippen LogP contribution in [0.2, 0.25) is 0 Å². The van der Waals surface area contributed by atoms with Crippen LogP contribution >= 0.6 is 0 Å². The van der Waals surface area contributed by atoms with Crippen LogP contribution in [0.15, 0.2) is 42.7 Å². The highest BCUT2D eigenvalue weighted by atomic mass is 16.6. The fourth-order valence-corrected chi connectivity index (χ4v) is 3.52. The maximum atomic E-state index is 13.0. The Morgan fingerprint density at radius 1 is 1.11 bits per heavy atom. The molecule has 3 aromatic rings. The van der Waals surface area contributed by atoms with Crippen molar-refractivity contribution in [1.82, 2.24) is 15.0 Å². The second kappa shape index (κ2) is 9.57. The maximum Gasteiger partial charge on any atom is 0.416 e. The van der Waals surface area contributed by atoms with E-state index in [0.29, 0.717) is 34.3 Å². The van der Waals surface area contributed by atoms with Crippen LogP contribution in [0, 0.1) is 6.92 Å². The first kappa shape index (κ1) is 23.9. The molecule has 1 N–H and O–H groups in total. The number of methoxy groups -OCH3 is 1. The quantitative estimate of drug-likeness (QED) is 0.542. The molecule has 35 heavy (non-hydrogen) atoms. The normalized spacial score (nSPS) is 12.9. The highest BCUT2D eigenvalue weighted by Gasteiger charge is 2.32. The Kier molecular flexibility index (Phi) is 6.54. The van der Waals surface area contributed by atoms with Crippen LogP contribution in [0.5, 0.6) is 5.75 Å². The number of esters is 1. The number of rotatable bonds is 4. The van der Waals surface area contributed by atoms with Gasteiger partial charge in [0.1, 0.15) is 17.8 Å². The number of carbonyl (C=O) groups is 2. The van der Waals surface area contributed by atoms with Crippen molar-refractivity contribution in [2.75, 3.05) is 30.5 Å². The molecule has 4 heterocycles. The van der Waals surface area contributed by atoms with Crippen LogP contribution < -0.4 is 15.0 Å². The van der Waals surface area contributed by atoms with Gasteiger partial charge >= 0.3 is 12.1 Å². The van der Waals surface area contributed by atoms with E-state index in [1.54, 1.807) is 39.1 Å². The van der Waals surface area contributed by atoms with Crippen LogP contribution in [0.1, 0.15) is 36.8 Å². The summed E-state index contributed by atoms with van der Waals surface area (Å²) in [6.45, 7) is 7.80. The zero-order valence-electron chi connectivity index (χ0n) is 20.3. The van der Waals surface area contributed by atoms with Crippen LogP contribution in [0.3, 0.4) is 0 Å². The van der Waals surface area contributed by atoms with Gasteiger partial charge in [-0.2, -0.15) is 0 Å². The molecule has 0 aliphatic carbocycles. The molecule has 0 spiro atoms. The van der Waals surface area contributed by atoms with Crippen molar-refractivity contribution in [2.24, 2.45) is 0 Å². The van der Waals surface area contributed by atoms with Gasteiger partial charge < -0.3 is 19.5 Å². The van der Waals surface area contributed by atoms with Crippen LogP contribution in [0.4, 0.5) is 22.0 Å². The van der Waals surface area contributed by atoms with Gasteiger partial charge in [-0.15, -0.1) is 0 Å². The number of anilines is 3. The maximum absolute atomic E-state index is 13.0. The third-order valence-corrected chi connectivity index (χ3v) is 5.03. The predicted molar refractivity (Wildman–Crippen MR) is 130 cm³/mol. The summed E-state index contributed by atoms with van der Waals surface area (Å²) >= 11 is 0. The molecule has 1 aliphatic rings. The van der Waals surface area contributed by atoms with E-state index in [2.05, 4.69) is 15.3 Å². The summed E-state index contributed by atoms with van der Waals surface area (Å²) in [7, 11) is 1.30. The topological polar surface area (TPSA) is 116 Å². The summed E-state index contributed by atoms with van der Waals surface area (Å²) in [5.74, 6) is 0.106. The van der Waals surface area contributed by atoms with Gasteiger partial charge in [-0.3, -0.25) is 14.9 Å². The molecule has 1 aliphatic heterocycles. The van der Waals surface area contributed by atoms with Gasteiger partial charge in [-0.1, -0.05) is 6.07 Å². The second-order valence-corrected chi connectivity index (χ2v) is 8.89. The van der Waals surface area contributed by atoms with E-state index in [4.69, 9.17) is 19.2 Å².